The maximum atomic E-state index is 11.6. The number of hydrogen-bond acceptors (Lipinski definition) is 4. The number of nitrogens with one attached hydrogen (secondary N) is 2. The molecular weight excluding hydrogens is 230 g/mol. The fourth-order valence-electron chi connectivity index (χ4n) is 1.45. The highest BCUT2D eigenvalue weighted by Gasteiger charge is 2.21. The van der Waals surface area contributed by atoms with Gasteiger partial charge in [-0.3, -0.25) is 0 Å². The smallest absolute Gasteiger partial charge is 0.407 e. The van der Waals surface area contributed by atoms with Crippen molar-refractivity contribution in [2.24, 2.45) is 11.7 Å². The van der Waals surface area contributed by atoms with E-state index >= 15 is 0 Å². The molecule has 108 valence electrons. The summed E-state index contributed by atoms with van der Waals surface area (Å²) in [5.74, 6) is 0.549. The molecule has 5 nitrogen and oxygen atoms in total. The highest BCUT2D eigenvalue weighted by atomic mass is 16.6. The second kappa shape index (κ2) is 7.59. The molecule has 0 aromatic rings. The number of alkyl carbamates (subject to hydrolysis) is 1. The van der Waals surface area contributed by atoms with E-state index in [1.54, 1.807) is 0 Å². The number of rotatable bonds is 6. The van der Waals surface area contributed by atoms with Crippen molar-refractivity contribution in [3.8, 4) is 0 Å². The molecule has 4 N–H and O–H groups in total. The fraction of sp³-hybridized carbons (Fsp3) is 0.923. The van der Waals surface area contributed by atoms with Crippen LogP contribution >= 0.6 is 0 Å². The molecule has 0 fully saturated rings. The standard InChI is InChI=1S/C13H29N3O2/c1-9(2)8-15-11(7-14)10(3)16-12(17)18-13(4,5)6/h9-11,15H,7-8,14H2,1-6H3,(H,16,17). The van der Waals surface area contributed by atoms with Gasteiger partial charge in [0.1, 0.15) is 5.60 Å². The van der Waals surface area contributed by atoms with Crippen LogP contribution in [0.2, 0.25) is 0 Å². The predicted molar refractivity (Wildman–Crippen MR) is 74.5 cm³/mol. The minimum atomic E-state index is -0.479. The van der Waals surface area contributed by atoms with Gasteiger partial charge in [0.05, 0.1) is 0 Å². The van der Waals surface area contributed by atoms with Crippen LogP contribution in [0.3, 0.4) is 0 Å². The van der Waals surface area contributed by atoms with Crippen LogP contribution in [0.15, 0.2) is 0 Å². The van der Waals surface area contributed by atoms with Gasteiger partial charge in [-0.2, -0.15) is 0 Å². The van der Waals surface area contributed by atoms with E-state index in [9.17, 15) is 4.79 Å². The first-order valence-corrected chi connectivity index (χ1v) is 6.58. The van der Waals surface area contributed by atoms with Gasteiger partial charge >= 0.3 is 6.09 Å². The van der Waals surface area contributed by atoms with E-state index in [1.165, 1.54) is 0 Å². The van der Waals surface area contributed by atoms with Crippen molar-refractivity contribution in [3.63, 3.8) is 0 Å². The summed E-state index contributed by atoms with van der Waals surface area (Å²) in [5, 5.41) is 6.15. The third-order valence-corrected chi connectivity index (χ3v) is 2.39. The average molecular weight is 259 g/mol. The predicted octanol–water partition coefficient (Wildman–Crippen LogP) is 1.47. The van der Waals surface area contributed by atoms with Crippen LogP contribution in [0.5, 0.6) is 0 Å². The van der Waals surface area contributed by atoms with Crippen molar-refractivity contribution in [2.45, 2.75) is 59.2 Å². The second-order valence-electron chi connectivity index (χ2n) is 6.08. The van der Waals surface area contributed by atoms with E-state index < -0.39 is 11.7 Å². The number of carbonyl (C=O) groups excluding carboxylic acids is 1. The van der Waals surface area contributed by atoms with Crippen molar-refractivity contribution in [2.75, 3.05) is 13.1 Å². The first-order chi connectivity index (χ1) is 8.15. The molecule has 0 spiro atoms. The van der Waals surface area contributed by atoms with Gasteiger partial charge in [-0.05, 0) is 40.2 Å². The lowest BCUT2D eigenvalue weighted by molar-refractivity contribution is 0.0498. The van der Waals surface area contributed by atoms with Crippen molar-refractivity contribution >= 4 is 6.09 Å². The Kier molecular flexibility index (Phi) is 7.25. The third kappa shape index (κ3) is 8.31. The van der Waals surface area contributed by atoms with E-state index in [1.807, 2.05) is 27.7 Å². The molecule has 0 heterocycles. The molecule has 0 aliphatic rings. The van der Waals surface area contributed by atoms with Gasteiger partial charge in [0.2, 0.25) is 0 Å². The topological polar surface area (TPSA) is 76.4 Å². The Morgan fingerprint density at radius 3 is 2.22 bits per heavy atom. The zero-order chi connectivity index (χ0) is 14.3. The number of nitrogens with two attached hydrogens (primary N) is 1. The molecule has 18 heavy (non-hydrogen) atoms. The number of carbonyl (C=O) groups is 1. The van der Waals surface area contributed by atoms with Crippen molar-refractivity contribution < 1.29 is 9.53 Å². The zero-order valence-corrected chi connectivity index (χ0v) is 12.5. The average Bonchev–Trinajstić information content (AvgIpc) is 2.14. The minimum absolute atomic E-state index is 0.0555. The van der Waals surface area contributed by atoms with E-state index in [2.05, 4.69) is 24.5 Å². The molecule has 0 aromatic carbocycles. The summed E-state index contributed by atoms with van der Waals surface area (Å²) in [6.07, 6.45) is -0.403. The molecule has 2 atom stereocenters. The lowest BCUT2D eigenvalue weighted by atomic mass is 10.1. The lowest BCUT2D eigenvalue weighted by Gasteiger charge is -2.27. The Morgan fingerprint density at radius 2 is 1.83 bits per heavy atom. The Bertz CT molecular complexity index is 249. The molecular formula is C13H29N3O2. The number of ether oxygens (including phenoxy) is 1. The molecule has 5 heteroatoms. The van der Waals surface area contributed by atoms with Gasteiger partial charge in [-0.25, -0.2) is 4.79 Å². The molecule has 1 amide bonds. The summed E-state index contributed by atoms with van der Waals surface area (Å²) in [5.41, 5.74) is 5.23. The molecule has 0 aliphatic carbocycles. The van der Waals surface area contributed by atoms with Gasteiger partial charge in [0.15, 0.2) is 0 Å². The lowest BCUT2D eigenvalue weighted by Crippen LogP contribution is -2.53. The van der Waals surface area contributed by atoms with Gasteiger partial charge < -0.3 is 21.1 Å². The van der Waals surface area contributed by atoms with Crippen LogP contribution in [-0.2, 0) is 4.74 Å². The highest BCUT2D eigenvalue weighted by Crippen LogP contribution is 2.07. The molecule has 0 rings (SSSR count). The molecule has 0 aromatic heterocycles. The summed E-state index contributed by atoms with van der Waals surface area (Å²) in [6.45, 7) is 13.1. The summed E-state index contributed by atoms with van der Waals surface area (Å²) < 4.78 is 5.21. The third-order valence-electron chi connectivity index (χ3n) is 2.39. The van der Waals surface area contributed by atoms with Crippen LogP contribution in [0.4, 0.5) is 4.79 Å². The molecule has 2 unspecified atom stereocenters. The van der Waals surface area contributed by atoms with Gasteiger partial charge in [0, 0.05) is 18.6 Å². The number of hydrogen-bond donors (Lipinski definition) is 3. The number of amides is 1. The summed E-state index contributed by atoms with van der Waals surface area (Å²) >= 11 is 0. The molecule has 0 aliphatic heterocycles. The van der Waals surface area contributed by atoms with Gasteiger partial charge in [-0.1, -0.05) is 13.8 Å². The SMILES string of the molecule is CC(C)CNC(CN)C(C)NC(=O)OC(C)(C)C. The summed E-state index contributed by atoms with van der Waals surface area (Å²) in [6, 6.07) is -0.0106. The van der Waals surface area contributed by atoms with E-state index in [-0.39, 0.29) is 12.1 Å². The fourth-order valence-corrected chi connectivity index (χ4v) is 1.45. The Hall–Kier alpha value is -0.810. The van der Waals surface area contributed by atoms with Crippen molar-refractivity contribution in [1.29, 1.82) is 0 Å². The quantitative estimate of drug-likeness (QED) is 0.675. The molecule has 0 saturated carbocycles. The second-order valence-corrected chi connectivity index (χ2v) is 6.08. The Labute approximate surface area is 111 Å². The van der Waals surface area contributed by atoms with E-state index in [0.29, 0.717) is 12.5 Å². The molecule has 0 bridgehead atoms. The van der Waals surface area contributed by atoms with Crippen LogP contribution in [0.25, 0.3) is 0 Å². The maximum Gasteiger partial charge on any atom is 0.407 e. The summed E-state index contributed by atoms with van der Waals surface area (Å²) in [4.78, 5) is 11.6. The minimum Gasteiger partial charge on any atom is -0.444 e. The van der Waals surface area contributed by atoms with Crippen LogP contribution in [0.1, 0.15) is 41.5 Å². The van der Waals surface area contributed by atoms with Gasteiger partial charge in [0.25, 0.3) is 0 Å². The normalized spacial score (nSPS) is 15.3. The molecule has 0 radical (unpaired) electrons. The van der Waals surface area contributed by atoms with Crippen molar-refractivity contribution in [1.82, 2.24) is 10.6 Å². The molecule has 0 saturated heterocycles. The summed E-state index contributed by atoms with van der Waals surface area (Å²) in [7, 11) is 0. The Balaban J connectivity index is 4.18. The van der Waals surface area contributed by atoms with Crippen molar-refractivity contribution in [3.05, 3.63) is 0 Å². The van der Waals surface area contributed by atoms with Crippen LogP contribution in [0, 0.1) is 5.92 Å². The van der Waals surface area contributed by atoms with Crippen LogP contribution < -0.4 is 16.4 Å². The maximum absolute atomic E-state index is 11.6. The highest BCUT2D eigenvalue weighted by molar-refractivity contribution is 5.68. The van der Waals surface area contributed by atoms with Crippen LogP contribution in [-0.4, -0.2) is 36.9 Å². The van der Waals surface area contributed by atoms with E-state index in [4.69, 9.17) is 10.5 Å². The Morgan fingerprint density at radius 1 is 1.28 bits per heavy atom. The first kappa shape index (κ1) is 17.2. The largest absolute Gasteiger partial charge is 0.444 e. The zero-order valence-electron chi connectivity index (χ0n) is 12.5. The van der Waals surface area contributed by atoms with Gasteiger partial charge in [-0.15, -0.1) is 0 Å². The monoisotopic (exact) mass is 259 g/mol. The first-order valence-electron chi connectivity index (χ1n) is 6.58. The van der Waals surface area contributed by atoms with E-state index in [0.717, 1.165) is 6.54 Å².